The number of halogens is 1. The number of furan rings is 1. The van der Waals surface area contributed by atoms with Gasteiger partial charge >= 0.3 is 0 Å². The summed E-state index contributed by atoms with van der Waals surface area (Å²) in [6.07, 6.45) is 4.10. The predicted octanol–water partition coefficient (Wildman–Crippen LogP) is 4.38. The molecule has 1 atom stereocenters. The number of aryl methyl sites for hydroxylation is 1. The van der Waals surface area contributed by atoms with E-state index in [9.17, 15) is 9.59 Å². The van der Waals surface area contributed by atoms with Gasteiger partial charge in [0.25, 0.3) is 5.91 Å². The monoisotopic (exact) mass is 415 g/mol. The number of hydrogen-bond donors (Lipinski definition) is 2. The van der Waals surface area contributed by atoms with Gasteiger partial charge in [0.15, 0.2) is 5.13 Å². The van der Waals surface area contributed by atoms with Crippen molar-refractivity contribution in [1.29, 1.82) is 0 Å². The lowest BCUT2D eigenvalue weighted by Crippen LogP contribution is -2.30. The van der Waals surface area contributed by atoms with Crippen molar-refractivity contribution >= 4 is 39.9 Å². The van der Waals surface area contributed by atoms with Crippen molar-refractivity contribution in [2.45, 2.75) is 31.7 Å². The molecule has 2 heterocycles. The molecule has 0 saturated heterocycles. The zero-order valence-electron chi connectivity index (χ0n) is 14.9. The Morgan fingerprint density at radius 2 is 2.07 bits per heavy atom. The molecule has 4 rings (SSSR count). The van der Waals surface area contributed by atoms with Crippen LogP contribution in [0, 0.1) is 0 Å². The zero-order chi connectivity index (χ0) is 19.5. The van der Waals surface area contributed by atoms with Gasteiger partial charge < -0.3 is 9.73 Å². The molecule has 0 radical (unpaired) electrons. The molecule has 1 aromatic carbocycles. The number of nitrogens with one attached hydrogen (secondary N) is 2. The first-order valence-electron chi connectivity index (χ1n) is 8.97. The van der Waals surface area contributed by atoms with Crippen molar-refractivity contribution in [3.63, 3.8) is 0 Å². The van der Waals surface area contributed by atoms with Crippen LogP contribution >= 0.6 is 22.9 Å². The highest BCUT2D eigenvalue weighted by atomic mass is 35.5. The zero-order valence-corrected chi connectivity index (χ0v) is 16.5. The van der Waals surface area contributed by atoms with E-state index in [0.717, 1.165) is 29.8 Å². The molecule has 6 nitrogen and oxygen atoms in total. The van der Waals surface area contributed by atoms with Gasteiger partial charge in [-0.2, -0.15) is 0 Å². The Hall–Kier alpha value is -2.64. The molecule has 0 fully saturated rings. The lowest BCUT2D eigenvalue weighted by Gasteiger charge is -2.20. The van der Waals surface area contributed by atoms with Crippen LogP contribution in [0.3, 0.4) is 0 Å². The van der Waals surface area contributed by atoms with Crippen molar-refractivity contribution < 1.29 is 14.0 Å². The molecule has 0 aliphatic heterocycles. The molecule has 3 aromatic rings. The Kier molecular flexibility index (Phi) is 5.45. The van der Waals surface area contributed by atoms with Crippen molar-refractivity contribution in [2.75, 3.05) is 5.32 Å². The maximum Gasteiger partial charge on any atom is 0.257 e. The SMILES string of the molecule is O=C(Nc1nc2c(s1)CCC[C@H]2C(=O)NCc1ccco1)c1ccc(Cl)cc1. The Morgan fingerprint density at radius 1 is 1.25 bits per heavy atom. The number of anilines is 1. The third-order valence-corrected chi connectivity index (χ3v) is 5.91. The van der Waals surface area contributed by atoms with E-state index in [0.29, 0.717) is 28.0 Å². The lowest BCUT2D eigenvalue weighted by molar-refractivity contribution is -0.123. The molecule has 0 bridgehead atoms. The number of amides is 2. The molecule has 0 spiro atoms. The van der Waals surface area contributed by atoms with E-state index in [1.165, 1.54) is 11.3 Å². The molecule has 8 heteroatoms. The van der Waals surface area contributed by atoms with Crippen LogP contribution in [0.25, 0.3) is 0 Å². The maximum absolute atomic E-state index is 12.7. The second-order valence-electron chi connectivity index (χ2n) is 6.53. The topological polar surface area (TPSA) is 84.2 Å². The first-order valence-corrected chi connectivity index (χ1v) is 10.2. The molecular weight excluding hydrogens is 398 g/mol. The summed E-state index contributed by atoms with van der Waals surface area (Å²) in [6, 6.07) is 10.3. The Labute approximate surface area is 170 Å². The average molecular weight is 416 g/mol. The van der Waals surface area contributed by atoms with Crippen LogP contribution in [-0.2, 0) is 17.8 Å². The summed E-state index contributed by atoms with van der Waals surface area (Å²) in [4.78, 5) is 30.7. The number of hydrogen-bond acceptors (Lipinski definition) is 5. The van der Waals surface area contributed by atoms with E-state index in [-0.39, 0.29) is 17.7 Å². The number of nitrogens with zero attached hydrogens (tertiary/aromatic N) is 1. The van der Waals surface area contributed by atoms with Gasteiger partial charge in [-0.25, -0.2) is 4.98 Å². The summed E-state index contributed by atoms with van der Waals surface area (Å²) in [5.41, 5.74) is 1.27. The maximum atomic E-state index is 12.7. The third kappa shape index (κ3) is 4.10. The van der Waals surface area contributed by atoms with Crippen LogP contribution in [0.4, 0.5) is 5.13 Å². The molecule has 0 unspecified atom stereocenters. The number of carbonyl (C=O) groups is 2. The fraction of sp³-hybridized carbons (Fsp3) is 0.250. The van der Waals surface area contributed by atoms with E-state index in [4.69, 9.17) is 16.0 Å². The van der Waals surface area contributed by atoms with Gasteiger partial charge in [0.2, 0.25) is 5.91 Å². The van der Waals surface area contributed by atoms with Gasteiger partial charge in [0, 0.05) is 15.5 Å². The van der Waals surface area contributed by atoms with Gasteiger partial charge in [-0.15, -0.1) is 11.3 Å². The smallest absolute Gasteiger partial charge is 0.257 e. The standard InChI is InChI=1S/C20H18ClN3O3S/c21-13-8-6-12(7-9-13)18(25)24-20-23-17-15(4-1-5-16(17)28-20)19(26)22-11-14-3-2-10-27-14/h2-3,6-10,15H,1,4-5,11H2,(H,22,26)(H,23,24,25)/t15-/m1/s1. The summed E-state index contributed by atoms with van der Waals surface area (Å²) in [6.45, 7) is 0.349. The number of carbonyl (C=O) groups excluding carboxylic acids is 2. The Bertz CT molecular complexity index is 983. The molecule has 144 valence electrons. The first-order chi connectivity index (χ1) is 13.6. The van der Waals surface area contributed by atoms with Gasteiger partial charge in [-0.05, 0) is 55.7 Å². The second kappa shape index (κ2) is 8.16. The normalized spacial score (nSPS) is 15.7. The summed E-state index contributed by atoms with van der Waals surface area (Å²) in [5.74, 6) is 0.0783. The predicted molar refractivity (Wildman–Crippen MR) is 108 cm³/mol. The molecular formula is C20H18ClN3O3S. The van der Waals surface area contributed by atoms with Crippen LogP contribution in [-0.4, -0.2) is 16.8 Å². The number of aromatic nitrogens is 1. The molecule has 2 N–H and O–H groups in total. The average Bonchev–Trinajstić information content (AvgIpc) is 3.35. The number of rotatable bonds is 5. The number of thiazole rings is 1. The number of fused-ring (bicyclic) bond motifs is 1. The summed E-state index contributed by atoms with van der Waals surface area (Å²) in [7, 11) is 0. The molecule has 0 saturated carbocycles. The molecule has 1 aliphatic carbocycles. The van der Waals surface area contributed by atoms with E-state index >= 15 is 0 Å². The highest BCUT2D eigenvalue weighted by molar-refractivity contribution is 7.16. The molecule has 2 aromatic heterocycles. The largest absolute Gasteiger partial charge is 0.467 e. The van der Waals surface area contributed by atoms with Crippen LogP contribution in [0.5, 0.6) is 0 Å². The molecule has 2 amide bonds. The van der Waals surface area contributed by atoms with E-state index in [1.807, 2.05) is 6.07 Å². The van der Waals surface area contributed by atoms with Crippen LogP contribution in [0.1, 0.15) is 45.4 Å². The van der Waals surface area contributed by atoms with E-state index in [1.54, 1.807) is 36.6 Å². The molecule has 1 aliphatic rings. The van der Waals surface area contributed by atoms with Crippen LogP contribution in [0.2, 0.25) is 5.02 Å². The second-order valence-corrected chi connectivity index (χ2v) is 8.05. The van der Waals surface area contributed by atoms with E-state index < -0.39 is 0 Å². The third-order valence-electron chi connectivity index (χ3n) is 4.61. The van der Waals surface area contributed by atoms with Crippen molar-refractivity contribution in [1.82, 2.24) is 10.3 Å². The van der Waals surface area contributed by atoms with Gasteiger partial charge in [-0.1, -0.05) is 11.6 Å². The van der Waals surface area contributed by atoms with Crippen molar-refractivity contribution in [2.24, 2.45) is 0 Å². The lowest BCUT2D eigenvalue weighted by atomic mass is 9.90. The van der Waals surface area contributed by atoms with Crippen molar-refractivity contribution in [3.8, 4) is 0 Å². The Morgan fingerprint density at radius 3 is 2.82 bits per heavy atom. The highest BCUT2D eigenvalue weighted by Crippen LogP contribution is 2.37. The van der Waals surface area contributed by atoms with Crippen LogP contribution in [0.15, 0.2) is 47.1 Å². The van der Waals surface area contributed by atoms with Gasteiger partial charge in [0.05, 0.1) is 24.4 Å². The highest BCUT2D eigenvalue weighted by Gasteiger charge is 2.30. The summed E-state index contributed by atoms with van der Waals surface area (Å²) in [5, 5.41) is 6.82. The first kappa shape index (κ1) is 18.7. The van der Waals surface area contributed by atoms with Crippen LogP contribution < -0.4 is 10.6 Å². The van der Waals surface area contributed by atoms with Crippen molar-refractivity contribution in [3.05, 3.63) is 69.6 Å². The minimum Gasteiger partial charge on any atom is -0.467 e. The van der Waals surface area contributed by atoms with Gasteiger partial charge in [0.1, 0.15) is 5.76 Å². The quantitative estimate of drug-likeness (QED) is 0.647. The fourth-order valence-electron chi connectivity index (χ4n) is 3.21. The summed E-state index contributed by atoms with van der Waals surface area (Å²) < 4.78 is 5.25. The fourth-order valence-corrected chi connectivity index (χ4v) is 4.39. The minimum absolute atomic E-state index is 0.0711. The van der Waals surface area contributed by atoms with E-state index in [2.05, 4.69) is 15.6 Å². The number of benzene rings is 1. The van der Waals surface area contributed by atoms with Gasteiger partial charge in [-0.3, -0.25) is 14.9 Å². The minimum atomic E-state index is -0.309. The Balaban J connectivity index is 1.46. The summed E-state index contributed by atoms with van der Waals surface area (Å²) >= 11 is 7.29. The molecule has 28 heavy (non-hydrogen) atoms.